The van der Waals surface area contributed by atoms with Crippen LogP contribution in [-0.2, 0) is 11.3 Å². The van der Waals surface area contributed by atoms with Crippen molar-refractivity contribution < 1.29 is 9.13 Å². The van der Waals surface area contributed by atoms with Gasteiger partial charge in [-0.25, -0.2) is 4.39 Å². The van der Waals surface area contributed by atoms with Crippen LogP contribution in [0.4, 0.5) is 4.39 Å². The van der Waals surface area contributed by atoms with Gasteiger partial charge in [0.2, 0.25) is 0 Å². The summed E-state index contributed by atoms with van der Waals surface area (Å²) >= 11 is 3.15. The van der Waals surface area contributed by atoms with Gasteiger partial charge in [-0.05, 0) is 46.0 Å². The molecule has 1 aromatic carbocycles. The van der Waals surface area contributed by atoms with Crippen LogP contribution in [-0.4, -0.2) is 19.3 Å². The monoisotopic (exact) mass is 301 g/mol. The molecule has 4 heteroatoms. The van der Waals surface area contributed by atoms with E-state index in [1.54, 1.807) is 12.1 Å². The average molecular weight is 302 g/mol. The Labute approximate surface area is 110 Å². The van der Waals surface area contributed by atoms with E-state index in [9.17, 15) is 4.39 Å². The maximum absolute atomic E-state index is 13.3. The predicted molar refractivity (Wildman–Crippen MR) is 69.3 cm³/mol. The van der Waals surface area contributed by atoms with Gasteiger partial charge in [0.15, 0.2) is 0 Å². The Morgan fingerprint density at radius 3 is 3.06 bits per heavy atom. The van der Waals surface area contributed by atoms with E-state index >= 15 is 0 Å². The van der Waals surface area contributed by atoms with Crippen molar-refractivity contribution in [1.82, 2.24) is 5.32 Å². The molecule has 1 aliphatic rings. The van der Waals surface area contributed by atoms with Crippen LogP contribution in [0.25, 0.3) is 0 Å². The number of halogens is 2. The summed E-state index contributed by atoms with van der Waals surface area (Å²) in [6.07, 6.45) is 1.03. The molecule has 94 valence electrons. The summed E-state index contributed by atoms with van der Waals surface area (Å²) in [6.45, 7) is 4.52. The molecule has 1 fully saturated rings. The summed E-state index contributed by atoms with van der Waals surface area (Å²) in [6, 6.07) is 5.72. The molecule has 0 saturated carbocycles. The maximum Gasteiger partial charge on any atom is 0.137 e. The Balaban J connectivity index is 1.90. The van der Waals surface area contributed by atoms with Gasteiger partial charge >= 0.3 is 0 Å². The number of hydrogen-bond acceptors (Lipinski definition) is 2. The summed E-state index contributed by atoms with van der Waals surface area (Å²) in [7, 11) is 0. The van der Waals surface area contributed by atoms with Crippen molar-refractivity contribution in [2.75, 3.05) is 13.2 Å². The number of rotatable bonds is 3. The lowest BCUT2D eigenvalue weighted by molar-refractivity contribution is 0.0386. The molecule has 0 spiro atoms. The van der Waals surface area contributed by atoms with Crippen molar-refractivity contribution in [3.63, 3.8) is 0 Å². The third-order valence-corrected chi connectivity index (χ3v) is 3.84. The highest BCUT2D eigenvalue weighted by Crippen LogP contribution is 2.18. The topological polar surface area (TPSA) is 21.3 Å². The van der Waals surface area contributed by atoms with E-state index in [1.165, 1.54) is 0 Å². The zero-order chi connectivity index (χ0) is 12.3. The van der Waals surface area contributed by atoms with Crippen LogP contribution < -0.4 is 5.32 Å². The SMILES string of the molecule is CC1COCCC1NCc1ccc(Br)c(F)c1. The highest BCUT2D eigenvalue weighted by molar-refractivity contribution is 9.10. The van der Waals surface area contributed by atoms with Crippen LogP contribution in [0, 0.1) is 11.7 Å². The lowest BCUT2D eigenvalue weighted by atomic mass is 9.97. The van der Waals surface area contributed by atoms with Gasteiger partial charge in [0.25, 0.3) is 0 Å². The second kappa shape index (κ2) is 5.94. The summed E-state index contributed by atoms with van der Waals surface area (Å²) in [4.78, 5) is 0. The van der Waals surface area contributed by atoms with Crippen molar-refractivity contribution in [1.29, 1.82) is 0 Å². The molecule has 17 heavy (non-hydrogen) atoms. The third-order valence-electron chi connectivity index (χ3n) is 3.19. The number of ether oxygens (including phenoxy) is 1. The molecule has 2 unspecified atom stereocenters. The van der Waals surface area contributed by atoms with Crippen LogP contribution >= 0.6 is 15.9 Å². The molecule has 1 aliphatic heterocycles. The first-order chi connectivity index (χ1) is 8.16. The Kier molecular flexibility index (Phi) is 4.54. The molecule has 1 heterocycles. The summed E-state index contributed by atoms with van der Waals surface area (Å²) in [5.74, 6) is 0.313. The van der Waals surface area contributed by atoms with E-state index in [2.05, 4.69) is 28.2 Å². The second-order valence-electron chi connectivity index (χ2n) is 4.58. The molecule has 0 bridgehead atoms. The summed E-state index contributed by atoms with van der Waals surface area (Å²) in [5, 5.41) is 3.47. The van der Waals surface area contributed by atoms with E-state index < -0.39 is 0 Å². The fourth-order valence-corrected chi connectivity index (χ4v) is 2.33. The summed E-state index contributed by atoms with van der Waals surface area (Å²) in [5.41, 5.74) is 0.976. The van der Waals surface area contributed by atoms with Gasteiger partial charge < -0.3 is 10.1 Å². The minimum absolute atomic E-state index is 0.204. The van der Waals surface area contributed by atoms with Gasteiger partial charge in [-0.1, -0.05) is 13.0 Å². The molecular formula is C13H17BrFNO. The number of nitrogens with one attached hydrogen (secondary N) is 1. The second-order valence-corrected chi connectivity index (χ2v) is 5.43. The molecule has 2 nitrogen and oxygen atoms in total. The van der Waals surface area contributed by atoms with Gasteiger partial charge in [-0.2, -0.15) is 0 Å². The van der Waals surface area contributed by atoms with Gasteiger partial charge in [0, 0.05) is 19.2 Å². The fourth-order valence-electron chi connectivity index (χ4n) is 2.08. The largest absolute Gasteiger partial charge is 0.381 e. The van der Waals surface area contributed by atoms with E-state index in [1.807, 2.05) is 6.07 Å². The summed E-state index contributed by atoms with van der Waals surface area (Å²) < 4.78 is 19.2. The van der Waals surface area contributed by atoms with Crippen molar-refractivity contribution in [2.45, 2.75) is 25.9 Å². The Morgan fingerprint density at radius 1 is 1.53 bits per heavy atom. The highest BCUT2D eigenvalue weighted by atomic mass is 79.9. The van der Waals surface area contributed by atoms with Crippen molar-refractivity contribution in [2.24, 2.45) is 5.92 Å². The molecule has 0 amide bonds. The molecular weight excluding hydrogens is 285 g/mol. The lowest BCUT2D eigenvalue weighted by Crippen LogP contribution is -2.40. The standard InChI is InChI=1S/C13H17BrFNO/c1-9-8-17-5-4-13(9)16-7-10-2-3-11(14)12(15)6-10/h2-3,6,9,13,16H,4-5,7-8H2,1H3. The van der Waals surface area contributed by atoms with E-state index in [0.29, 0.717) is 23.0 Å². The van der Waals surface area contributed by atoms with Crippen LogP contribution in [0.15, 0.2) is 22.7 Å². The van der Waals surface area contributed by atoms with Crippen molar-refractivity contribution in [3.05, 3.63) is 34.1 Å². The molecule has 0 aliphatic carbocycles. The third kappa shape index (κ3) is 3.50. The molecule has 1 N–H and O–H groups in total. The number of hydrogen-bond donors (Lipinski definition) is 1. The zero-order valence-corrected chi connectivity index (χ0v) is 11.5. The lowest BCUT2D eigenvalue weighted by Gasteiger charge is -2.29. The van der Waals surface area contributed by atoms with Crippen LogP contribution in [0.5, 0.6) is 0 Å². The quantitative estimate of drug-likeness (QED) is 0.926. The first-order valence-corrected chi connectivity index (χ1v) is 6.71. The fraction of sp³-hybridized carbons (Fsp3) is 0.538. The van der Waals surface area contributed by atoms with E-state index in [-0.39, 0.29) is 5.82 Å². The van der Waals surface area contributed by atoms with Gasteiger partial charge in [0.05, 0.1) is 11.1 Å². The first kappa shape index (κ1) is 13.0. The number of benzene rings is 1. The maximum atomic E-state index is 13.3. The van der Waals surface area contributed by atoms with Gasteiger partial charge in [-0.15, -0.1) is 0 Å². The van der Waals surface area contributed by atoms with E-state index in [4.69, 9.17) is 4.74 Å². The van der Waals surface area contributed by atoms with Gasteiger partial charge in [-0.3, -0.25) is 0 Å². The van der Waals surface area contributed by atoms with Crippen LogP contribution in [0.2, 0.25) is 0 Å². The predicted octanol–water partition coefficient (Wildman–Crippen LogP) is 3.10. The Bertz CT molecular complexity index is 386. The molecule has 0 radical (unpaired) electrons. The van der Waals surface area contributed by atoms with Crippen molar-refractivity contribution in [3.8, 4) is 0 Å². The minimum atomic E-state index is -0.204. The Morgan fingerprint density at radius 2 is 2.35 bits per heavy atom. The van der Waals surface area contributed by atoms with Gasteiger partial charge in [0.1, 0.15) is 5.82 Å². The average Bonchev–Trinajstić information content (AvgIpc) is 2.32. The molecule has 0 aromatic heterocycles. The highest BCUT2D eigenvalue weighted by Gasteiger charge is 2.20. The zero-order valence-electron chi connectivity index (χ0n) is 9.88. The molecule has 1 aromatic rings. The van der Waals surface area contributed by atoms with E-state index in [0.717, 1.165) is 25.2 Å². The van der Waals surface area contributed by atoms with Crippen molar-refractivity contribution >= 4 is 15.9 Å². The minimum Gasteiger partial charge on any atom is -0.381 e. The normalized spacial score (nSPS) is 24.9. The molecule has 2 atom stereocenters. The smallest absolute Gasteiger partial charge is 0.137 e. The van der Waals surface area contributed by atoms with Crippen LogP contribution in [0.3, 0.4) is 0 Å². The molecule has 1 saturated heterocycles. The first-order valence-electron chi connectivity index (χ1n) is 5.92. The molecule has 2 rings (SSSR count). The Hall–Kier alpha value is -0.450. The van der Waals surface area contributed by atoms with Crippen LogP contribution in [0.1, 0.15) is 18.9 Å².